The van der Waals surface area contributed by atoms with Crippen LogP contribution < -0.4 is 43.1 Å². The molecule has 12 rings (SSSR count). The molecule has 0 bridgehead atoms. The van der Waals surface area contributed by atoms with E-state index < -0.39 is 26.6 Å². The fourth-order valence-electron chi connectivity index (χ4n) is 10.5. The van der Waals surface area contributed by atoms with Crippen LogP contribution in [0.25, 0.3) is 0 Å². The van der Waals surface area contributed by atoms with Gasteiger partial charge in [-0.3, -0.25) is 0 Å². The van der Waals surface area contributed by atoms with Crippen molar-refractivity contribution < 1.29 is 4.74 Å². The second-order valence-corrected chi connectivity index (χ2v) is 25.6. The maximum absolute atomic E-state index is 6.69. The van der Waals surface area contributed by atoms with Gasteiger partial charge < -0.3 is 0 Å². The van der Waals surface area contributed by atoms with E-state index in [0.717, 1.165) is 22.6 Å². The number of fused-ring (bicyclic) bond motifs is 10. The minimum atomic E-state index is -3.70. The summed E-state index contributed by atoms with van der Waals surface area (Å²) in [6, 6.07) is 86.5. The number of anilines is 3. The molecule has 0 saturated carbocycles. The summed E-state index contributed by atoms with van der Waals surface area (Å²) in [5.74, 6) is 1.80. The van der Waals surface area contributed by atoms with Crippen molar-refractivity contribution in [2.45, 2.75) is 5.41 Å². The zero-order valence-corrected chi connectivity index (χ0v) is 35.2. The van der Waals surface area contributed by atoms with E-state index in [1.807, 2.05) is 0 Å². The van der Waals surface area contributed by atoms with Crippen LogP contribution in [0.15, 0.2) is 231 Å². The van der Waals surface area contributed by atoms with Crippen molar-refractivity contribution in [2.75, 3.05) is 4.90 Å². The average molecular weight is 832 g/mol. The van der Waals surface area contributed by atoms with E-state index in [4.69, 9.17) is 4.74 Å². The van der Waals surface area contributed by atoms with Crippen molar-refractivity contribution in [1.82, 2.24) is 0 Å². The van der Waals surface area contributed by atoms with Crippen molar-refractivity contribution in [2.24, 2.45) is 0 Å². The summed E-state index contributed by atoms with van der Waals surface area (Å²) in [7, 11) is -0.832. The Hall–Kier alpha value is -6.45. The van der Waals surface area contributed by atoms with Crippen LogP contribution in [-0.4, -0.2) is 13.3 Å². The van der Waals surface area contributed by atoms with Gasteiger partial charge in [-0.05, 0) is 0 Å². The molecule has 1 unspecified atom stereocenters. The Morgan fingerprint density at radius 1 is 0.390 bits per heavy atom. The van der Waals surface area contributed by atoms with Gasteiger partial charge in [0.15, 0.2) is 0 Å². The third kappa shape index (κ3) is 4.85. The van der Waals surface area contributed by atoms with E-state index >= 15 is 0 Å². The first-order chi connectivity index (χ1) is 29.3. The number of rotatable bonds is 4. The molecule has 59 heavy (non-hydrogen) atoms. The molecule has 1 atom stereocenters. The number of ether oxygens (including phenoxy) is 1. The molecule has 1 spiro atoms. The molecule has 3 aliphatic rings. The first kappa shape index (κ1) is 34.6. The van der Waals surface area contributed by atoms with Gasteiger partial charge in [0.2, 0.25) is 0 Å². The molecular weight excluding hydrogens is 794 g/mol. The molecule has 2 nitrogen and oxygen atoms in total. The van der Waals surface area contributed by atoms with E-state index in [0.29, 0.717) is 0 Å². The Kier molecular flexibility index (Phi) is 7.95. The van der Waals surface area contributed by atoms with Crippen LogP contribution in [0.1, 0.15) is 22.3 Å². The molecule has 3 aliphatic heterocycles. The maximum atomic E-state index is 6.69. The van der Waals surface area contributed by atoms with Gasteiger partial charge in [-0.25, -0.2) is 0 Å². The summed E-state index contributed by atoms with van der Waals surface area (Å²) >= 11 is -3.70. The Labute approximate surface area is 349 Å². The number of hydrogen-bond acceptors (Lipinski definition) is 2. The third-order valence-corrected chi connectivity index (χ3v) is 26.4. The number of para-hydroxylation sites is 4. The van der Waals surface area contributed by atoms with Gasteiger partial charge in [0, 0.05) is 0 Å². The van der Waals surface area contributed by atoms with Crippen molar-refractivity contribution in [3.63, 3.8) is 0 Å². The van der Waals surface area contributed by atoms with E-state index in [9.17, 15) is 0 Å². The van der Waals surface area contributed by atoms with Crippen LogP contribution in [0.5, 0.6) is 11.5 Å². The summed E-state index contributed by atoms with van der Waals surface area (Å²) in [6.07, 6.45) is 0. The molecular formula is C55H38GeNOP. The second kappa shape index (κ2) is 13.6. The third-order valence-electron chi connectivity index (χ3n) is 12.8. The molecule has 0 aromatic heterocycles. The van der Waals surface area contributed by atoms with Crippen LogP contribution in [0.3, 0.4) is 0 Å². The SMILES string of the molecule is c1ccc(P2c3cccc[c]3[Ge]([c]3ccccc3)([c]3ccccc3)[c]3cc(N4c5ccccc5C5(c6ccccc6Oc6ccccc65)c5ccccc54)ccc32)cc1. The number of nitrogens with zero attached hydrogens (tertiary/aromatic N) is 1. The van der Waals surface area contributed by atoms with Gasteiger partial charge in [0.05, 0.1) is 0 Å². The predicted molar refractivity (Wildman–Crippen MR) is 249 cm³/mol. The molecule has 0 amide bonds. The van der Waals surface area contributed by atoms with Gasteiger partial charge in [-0.15, -0.1) is 0 Å². The average Bonchev–Trinajstić information content (AvgIpc) is 3.31. The summed E-state index contributed by atoms with van der Waals surface area (Å²) in [5.41, 5.74) is 7.77. The van der Waals surface area contributed by atoms with Crippen LogP contribution in [0, 0.1) is 0 Å². The molecule has 0 fully saturated rings. The predicted octanol–water partition coefficient (Wildman–Crippen LogP) is 9.41. The summed E-state index contributed by atoms with van der Waals surface area (Å²) in [4.78, 5) is 2.55. The molecule has 3 heterocycles. The molecule has 278 valence electrons. The Morgan fingerprint density at radius 2 is 0.847 bits per heavy atom. The topological polar surface area (TPSA) is 12.5 Å². The zero-order valence-electron chi connectivity index (χ0n) is 32.2. The Morgan fingerprint density at radius 3 is 1.44 bits per heavy atom. The molecule has 0 aliphatic carbocycles. The number of benzene rings is 9. The van der Waals surface area contributed by atoms with Crippen LogP contribution >= 0.6 is 7.92 Å². The normalized spacial score (nSPS) is 16.0. The van der Waals surface area contributed by atoms with E-state index in [1.54, 1.807) is 0 Å². The molecule has 4 heteroatoms. The summed E-state index contributed by atoms with van der Waals surface area (Å²) < 4.78 is 12.6. The number of hydrogen-bond donors (Lipinski definition) is 0. The zero-order chi connectivity index (χ0) is 39.0. The van der Waals surface area contributed by atoms with Crippen molar-refractivity contribution in [1.29, 1.82) is 0 Å². The molecule has 9 aromatic carbocycles. The van der Waals surface area contributed by atoms with E-state index in [2.05, 4.69) is 235 Å². The van der Waals surface area contributed by atoms with Crippen molar-refractivity contribution in [3.05, 3.63) is 253 Å². The molecule has 0 N–H and O–H groups in total. The van der Waals surface area contributed by atoms with Crippen LogP contribution in [0.2, 0.25) is 0 Å². The summed E-state index contributed by atoms with van der Waals surface area (Å²) in [5, 5.41) is 4.33. The minimum absolute atomic E-state index is 0.584. The van der Waals surface area contributed by atoms with E-state index in [-0.39, 0.29) is 0 Å². The molecule has 0 radical (unpaired) electrons. The van der Waals surface area contributed by atoms with Gasteiger partial charge in [0.25, 0.3) is 0 Å². The van der Waals surface area contributed by atoms with E-state index in [1.165, 1.54) is 61.7 Å². The van der Waals surface area contributed by atoms with Gasteiger partial charge in [-0.2, -0.15) is 0 Å². The second-order valence-electron chi connectivity index (χ2n) is 15.6. The fourth-order valence-corrected chi connectivity index (χ4v) is 26.3. The fraction of sp³-hybridized carbons (Fsp3) is 0.0182. The Balaban J connectivity index is 1.18. The first-order valence-electron chi connectivity index (χ1n) is 20.4. The van der Waals surface area contributed by atoms with Crippen molar-refractivity contribution >= 4 is 71.7 Å². The molecule has 9 aromatic rings. The quantitative estimate of drug-likeness (QED) is 0.130. The first-order valence-corrected chi connectivity index (χ1v) is 25.9. The van der Waals surface area contributed by atoms with Gasteiger partial charge >= 0.3 is 351 Å². The van der Waals surface area contributed by atoms with Crippen LogP contribution in [-0.2, 0) is 5.41 Å². The van der Waals surface area contributed by atoms with Crippen molar-refractivity contribution in [3.8, 4) is 11.5 Å². The van der Waals surface area contributed by atoms with Crippen LogP contribution in [0.4, 0.5) is 17.1 Å². The standard InChI is InChI=1S/C55H38GeNOP/c1-4-20-39(21-5-1)56(40-22-6-2-7-23-40)47-30-14-19-35-53(47)59(42-24-8-3-9-25-42)54-37-36-41(38-48(54)56)57-49-31-15-10-26-43(49)55(44-27-11-16-32-50(44)57)45-28-12-17-33-51(45)58-52-34-18-13-29-46(52)55/h1-38H. The summed E-state index contributed by atoms with van der Waals surface area (Å²) in [6.45, 7) is 0. The molecule has 0 saturated heterocycles. The van der Waals surface area contributed by atoms with Gasteiger partial charge in [-0.1, -0.05) is 0 Å². The van der Waals surface area contributed by atoms with Gasteiger partial charge in [0.1, 0.15) is 0 Å². The Bertz CT molecular complexity index is 2920. The monoisotopic (exact) mass is 833 g/mol.